The zero-order valence-corrected chi connectivity index (χ0v) is 17.9. The Labute approximate surface area is 185 Å². The van der Waals surface area contributed by atoms with Gasteiger partial charge in [-0.3, -0.25) is 4.79 Å². The van der Waals surface area contributed by atoms with Crippen molar-refractivity contribution in [3.05, 3.63) is 54.3 Å². The number of hydrogen-bond donors (Lipinski definition) is 1. The van der Waals surface area contributed by atoms with Gasteiger partial charge in [0.1, 0.15) is 11.6 Å². The zero-order valence-electron chi connectivity index (χ0n) is 17.9. The highest BCUT2D eigenvalue weighted by Crippen LogP contribution is 2.33. The third-order valence-electron chi connectivity index (χ3n) is 5.56. The highest BCUT2D eigenvalue weighted by Gasteiger charge is 2.23. The van der Waals surface area contributed by atoms with Gasteiger partial charge in [0, 0.05) is 28.6 Å². The lowest BCUT2D eigenvalue weighted by Crippen LogP contribution is -2.20. The summed E-state index contributed by atoms with van der Waals surface area (Å²) in [6.45, 7) is 1.73. The summed E-state index contributed by atoms with van der Waals surface area (Å²) in [6, 6.07) is 13.1. The van der Waals surface area contributed by atoms with E-state index in [0.717, 1.165) is 25.7 Å². The molecule has 3 aromatic rings. The minimum absolute atomic E-state index is 0.0201. The van der Waals surface area contributed by atoms with Gasteiger partial charge in [-0.15, -0.1) is 0 Å². The number of halogens is 1. The molecule has 32 heavy (non-hydrogen) atoms. The van der Waals surface area contributed by atoms with Crippen molar-refractivity contribution in [1.82, 2.24) is 4.98 Å². The van der Waals surface area contributed by atoms with Gasteiger partial charge < -0.3 is 14.8 Å². The van der Waals surface area contributed by atoms with Crippen LogP contribution in [-0.4, -0.2) is 30.1 Å². The summed E-state index contributed by atoms with van der Waals surface area (Å²) < 4.78 is 24.1. The number of ether oxygens (including phenoxy) is 2. The zero-order chi connectivity index (χ0) is 22.5. The van der Waals surface area contributed by atoms with E-state index in [2.05, 4.69) is 10.3 Å². The number of nitrogens with zero attached hydrogens (tertiary/aromatic N) is 1. The van der Waals surface area contributed by atoms with Crippen LogP contribution in [0.15, 0.2) is 48.5 Å². The van der Waals surface area contributed by atoms with Crippen molar-refractivity contribution < 1.29 is 23.5 Å². The number of nitrogens with one attached hydrogen (secondary N) is 1. The topological polar surface area (TPSA) is 77.5 Å². The summed E-state index contributed by atoms with van der Waals surface area (Å²) in [7, 11) is 0. The van der Waals surface area contributed by atoms with E-state index in [-0.39, 0.29) is 30.9 Å². The molecule has 1 aliphatic carbocycles. The number of pyridine rings is 1. The summed E-state index contributed by atoms with van der Waals surface area (Å²) in [5.74, 6) is -0.322. The highest BCUT2D eigenvalue weighted by atomic mass is 19.1. The molecule has 0 spiro atoms. The number of benzene rings is 2. The molecule has 0 bridgehead atoms. The molecule has 4 rings (SSSR count). The second-order valence-electron chi connectivity index (χ2n) is 7.81. The molecule has 1 aliphatic rings. The maximum Gasteiger partial charge on any atom is 0.344 e. The second kappa shape index (κ2) is 9.77. The van der Waals surface area contributed by atoms with Crippen LogP contribution < -0.4 is 10.1 Å². The molecule has 2 aromatic carbocycles. The molecule has 7 heteroatoms. The van der Waals surface area contributed by atoms with Gasteiger partial charge in [-0.1, -0.05) is 12.8 Å². The maximum atomic E-state index is 13.3. The van der Waals surface area contributed by atoms with Crippen molar-refractivity contribution in [3.8, 4) is 17.0 Å². The summed E-state index contributed by atoms with van der Waals surface area (Å²) >= 11 is 0. The second-order valence-corrected chi connectivity index (χ2v) is 7.81. The third kappa shape index (κ3) is 5.04. The lowest BCUT2D eigenvalue weighted by molar-refractivity contribution is -0.145. The molecule has 0 unspecified atom stereocenters. The van der Waals surface area contributed by atoms with Crippen LogP contribution >= 0.6 is 0 Å². The molecule has 1 aromatic heterocycles. The van der Waals surface area contributed by atoms with Gasteiger partial charge in [0.25, 0.3) is 0 Å². The normalized spacial score (nSPS) is 13.8. The lowest BCUT2D eigenvalue weighted by atomic mass is 10.1. The smallest absolute Gasteiger partial charge is 0.344 e. The number of hydrogen-bond acceptors (Lipinski definition) is 5. The summed E-state index contributed by atoms with van der Waals surface area (Å²) in [5.41, 5.74) is 2.57. The van der Waals surface area contributed by atoms with Crippen LogP contribution in [0, 0.1) is 11.7 Å². The highest BCUT2D eigenvalue weighted by molar-refractivity contribution is 5.97. The van der Waals surface area contributed by atoms with Crippen molar-refractivity contribution in [3.63, 3.8) is 0 Å². The Hall–Kier alpha value is -3.48. The number of amides is 1. The Bertz CT molecular complexity index is 1120. The third-order valence-corrected chi connectivity index (χ3v) is 5.56. The average molecular weight is 436 g/mol. The standard InChI is InChI=1S/C25H25FN2O4/c1-2-31-24(29)15-32-23-14-22(16-7-9-18(26)10-8-16)28-21-12-11-19(13-20(21)23)27-25(30)17-5-3-4-6-17/h7-14,17H,2-6,15H2,1H3,(H,27,30). The van der Waals surface area contributed by atoms with E-state index in [1.54, 1.807) is 43.3 Å². The summed E-state index contributed by atoms with van der Waals surface area (Å²) in [5, 5.41) is 3.64. The van der Waals surface area contributed by atoms with Crippen molar-refractivity contribution in [2.75, 3.05) is 18.5 Å². The number of carbonyl (C=O) groups is 2. The molecule has 1 N–H and O–H groups in total. The number of esters is 1. The number of carbonyl (C=O) groups excluding carboxylic acids is 2. The number of fused-ring (bicyclic) bond motifs is 1. The van der Waals surface area contributed by atoms with E-state index in [0.29, 0.717) is 33.6 Å². The number of anilines is 1. The SMILES string of the molecule is CCOC(=O)COc1cc(-c2ccc(F)cc2)nc2ccc(NC(=O)C3CCCC3)cc12. The monoisotopic (exact) mass is 436 g/mol. The van der Waals surface area contributed by atoms with Crippen molar-refractivity contribution >= 4 is 28.5 Å². The molecular formula is C25H25FN2O4. The van der Waals surface area contributed by atoms with Gasteiger partial charge in [-0.25, -0.2) is 14.2 Å². The largest absolute Gasteiger partial charge is 0.481 e. The minimum atomic E-state index is -0.480. The van der Waals surface area contributed by atoms with Crippen molar-refractivity contribution in [2.45, 2.75) is 32.6 Å². The fourth-order valence-corrected chi connectivity index (χ4v) is 3.93. The number of rotatable bonds is 7. The fraction of sp³-hybridized carbons (Fsp3) is 0.320. The van der Waals surface area contributed by atoms with Crippen LogP contribution in [0.25, 0.3) is 22.2 Å². The van der Waals surface area contributed by atoms with E-state index >= 15 is 0 Å². The molecule has 6 nitrogen and oxygen atoms in total. The maximum absolute atomic E-state index is 13.3. The first kappa shape index (κ1) is 21.7. The first-order valence-electron chi connectivity index (χ1n) is 10.8. The number of aromatic nitrogens is 1. The van der Waals surface area contributed by atoms with E-state index < -0.39 is 5.97 Å². The van der Waals surface area contributed by atoms with Crippen molar-refractivity contribution in [1.29, 1.82) is 0 Å². The molecule has 1 amide bonds. The average Bonchev–Trinajstić information content (AvgIpc) is 3.33. The Morgan fingerprint density at radius 2 is 1.84 bits per heavy atom. The molecule has 1 saturated carbocycles. The van der Waals surface area contributed by atoms with Crippen LogP contribution in [0.1, 0.15) is 32.6 Å². The van der Waals surface area contributed by atoms with Crippen LogP contribution in [-0.2, 0) is 14.3 Å². The van der Waals surface area contributed by atoms with Gasteiger partial charge in [-0.2, -0.15) is 0 Å². The summed E-state index contributed by atoms with van der Waals surface area (Å²) in [4.78, 5) is 29.0. The van der Waals surface area contributed by atoms with E-state index in [4.69, 9.17) is 9.47 Å². The van der Waals surface area contributed by atoms with Crippen molar-refractivity contribution in [2.24, 2.45) is 5.92 Å². The Morgan fingerprint density at radius 1 is 1.09 bits per heavy atom. The molecule has 1 fully saturated rings. The molecule has 0 saturated heterocycles. The Kier molecular flexibility index (Phi) is 6.63. The van der Waals surface area contributed by atoms with Crippen LogP contribution in [0.3, 0.4) is 0 Å². The van der Waals surface area contributed by atoms with E-state index in [1.807, 2.05) is 0 Å². The van der Waals surface area contributed by atoms with Gasteiger partial charge in [-0.05, 0) is 62.2 Å². The summed E-state index contributed by atoms with van der Waals surface area (Å²) in [6.07, 6.45) is 3.99. The quantitative estimate of drug-likeness (QED) is 0.521. The van der Waals surface area contributed by atoms with E-state index in [1.165, 1.54) is 12.1 Å². The van der Waals surface area contributed by atoms with Gasteiger partial charge in [0.15, 0.2) is 6.61 Å². The van der Waals surface area contributed by atoms with Crippen LogP contribution in [0.4, 0.5) is 10.1 Å². The Morgan fingerprint density at radius 3 is 2.56 bits per heavy atom. The predicted octanol–water partition coefficient (Wildman–Crippen LogP) is 5.11. The van der Waals surface area contributed by atoms with Gasteiger partial charge >= 0.3 is 5.97 Å². The lowest BCUT2D eigenvalue weighted by Gasteiger charge is -2.14. The first-order valence-corrected chi connectivity index (χ1v) is 10.8. The molecule has 0 atom stereocenters. The Balaban J connectivity index is 1.68. The van der Waals surface area contributed by atoms with Crippen LogP contribution in [0.2, 0.25) is 0 Å². The molecule has 0 radical (unpaired) electrons. The van der Waals surface area contributed by atoms with Gasteiger partial charge in [0.2, 0.25) is 5.91 Å². The molecular weight excluding hydrogens is 411 g/mol. The predicted molar refractivity (Wildman–Crippen MR) is 120 cm³/mol. The first-order chi connectivity index (χ1) is 15.5. The van der Waals surface area contributed by atoms with Crippen LogP contribution in [0.5, 0.6) is 5.75 Å². The minimum Gasteiger partial charge on any atom is -0.481 e. The molecule has 1 heterocycles. The van der Waals surface area contributed by atoms with Gasteiger partial charge in [0.05, 0.1) is 17.8 Å². The molecule has 0 aliphatic heterocycles. The fourth-order valence-electron chi connectivity index (χ4n) is 3.93. The molecule has 166 valence electrons. The van der Waals surface area contributed by atoms with E-state index in [9.17, 15) is 14.0 Å².